The summed E-state index contributed by atoms with van der Waals surface area (Å²) in [5.41, 5.74) is 3.54. The third-order valence-electron chi connectivity index (χ3n) is 5.16. The van der Waals surface area contributed by atoms with E-state index in [4.69, 9.17) is 11.6 Å². The fraction of sp³-hybridized carbons (Fsp3) is 0.190. The zero-order valence-electron chi connectivity index (χ0n) is 19.9. The van der Waals surface area contributed by atoms with E-state index < -0.39 is 37.2 Å². The highest BCUT2D eigenvalue weighted by molar-refractivity contribution is 7.89. The summed E-state index contributed by atoms with van der Waals surface area (Å²) in [4.78, 5) is 41.4. The topological polar surface area (TPSA) is 203 Å². The van der Waals surface area contributed by atoms with Crippen molar-refractivity contribution in [2.24, 2.45) is 0 Å². The third kappa shape index (κ3) is 6.10. The van der Waals surface area contributed by atoms with Crippen LogP contribution in [0.2, 0.25) is 5.02 Å². The number of hydrogen-bond acceptors (Lipinski definition) is 11. The van der Waals surface area contributed by atoms with Gasteiger partial charge in [-0.25, -0.2) is 18.4 Å². The van der Waals surface area contributed by atoms with Crippen LogP contribution in [-0.4, -0.2) is 51.5 Å². The van der Waals surface area contributed by atoms with Crippen LogP contribution in [-0.2, 0) is 10.0 Å². The molecule has 15 nitrogen and oxygen atoms in total. The number of aromatic nitrogens is 2. The minimum atomic E-state index is -3.69. The molecule has 3 N–H and O–H groups in total. The number of hydrogen-bond donors (Lipinski definition) is 3. The van der Waals surface area contributed by atoms with Gasteiger partial charge in [-0.2, -0.15) is 4.31 Å². The Labute approximate surface area is 221 Å². The zero-order valence-corrected chi connectivity index (χ0v) is 21.5. The number of nitro benzene ring substituents is 1. The SMILES string of the molecule is CCN(CC)S(=O)(=O)c1ccc(Nc2ncnc(NNC(=O)c3ccc(Cl)c([N+](=O)[O-])c3)c2[N+](=O)[O-])cc1. The molecule has 0 spiro atoms. The predicted molar refractivity (Wildman–Crippen MR) is 138 cm³/mol. The molecule has 1 aromatic heterocycles. The number of halogens is 1. The highest BCUT2D eigenvalue weighted by Crippen LogP contribution is 2.31. The number of anilines is 3. The first kappa shape index (κ1) is 28.2. The number of hydrazine groups is 1. The van der Waals surface area contributed by atoms with Gasteiger partial charge in [0.15, 0.2) is 0 Å². The van der Waals surface area contributed by atoms with Gasteiger partial charge in [-0.05, 0) is 36.4 Å². The Morgan fingerprint density at radius 3 is 2.21 bits per heavy atom. The number of sulfonamides is 1. The summed E-state index contributed by atoms with van der Waals surface area (Å²) < 4.78 is 26.6. The van der Waals surface area contributed by atoms with E-state index in [0.29, 0.717) is 18.8 Å². The molecule has 200 valence electrons. The lowest BCUT2D eigenvalue weighted by Crippen LogP contribution is -2.30. The molecular weight excluding hydrogens is 544 g/mol. The first-order valence-corrected chi connectivity index (χ1v) is 12.7. The van der Waals surface area contributed by atoms with Crippen molar-refractivity contribution in [3.63, 3.8) is 0 Å². The van der Waals surface area contributed by atoms with Gasteiger partial charge in [0, 0.05) is 30.4 Å². The van der Waals surface area contributed by atoms with Gasteiger partial charge < -0.3 is 5.32 Å². The summed E-state index contributed by atoms with van der Waals surface area (Å²) in [7, 11) is -3.69. The van der Waals surface area contributed by atoms with Crippen LogP contribution in [0.4, 0.5) is 28.7 Å². The van der Waals surface area contributed by atoms with E-state index in [9.17, 15) is 33.4 Å². The van der Waals surface area contributed by atoms with E-state index in [0.717, 1.165) is 12.4 Å². The maximum atomic E-state index is 12.7. The van der Waals surface area contributed by atoms with Crippen molar-refractivity contribution in [1.29, 1.82) is 0 Å². The van der Waals surface area contributed by atoms with Crippen molar-refractivity contribution < 1.29 is 23.1 Å². The lowest BCUT2D eigenvalue weighted by molar-refractivity contribution is -0.384. The van der Waals surface area contributed by atoms with Crippen LogP contribution in [0.1, 0.15) is 24.2 Å². The summed E-state index contributed by atoms with van der Waals surface area (Å²) in [5, 5.41) is 25.4. The normalized spacial score (nSPS) is 11.2. The molecule has 0 saturated heterocycles. The van der Waals surface area contributed by atoms with E-state index in [1.165, 1.54) is 40.7 Å². The third-order valence-corrected chi connectivity index (χ3v) is 7.55. The second-order valence-corrected chi connectivity index (χ2v) is 9.76. The summed E-state index contributed by atoms with van der Waals surface area (Å²) in [6, 6.07) is 8.90. The summed E-state index contributed by atoms with van der Waals surface area (Å²) in [5.74, 6) is -1.48. The fourth-order valence-corrected chi connectivity index (χ4v) is 4.92. The van der Waals surface area contributed by atoms with Gasteiger partial charge in [-0.3, -0.25) is 35.9 Å². The Bertz CT molecular complexity index is 1480. The van der Waals surface area contributed by atoms with Crippen LogP contribution in [0.25, 0.3) is 0 Å². The average molecular weight is 565 g/mol. The summed E-state index contributed by atoms with van der Waals surface area (Å²) in [6.45, 7) is 4.04. The van der Waals surface area contributed by atoms with E-state index in [2.05, 4.69) is 26.1 Å². The molecule has 0 radical (unpaired) electrons. The molecule has 17 heteroatoms. The second kappa shape index (κ2) is 11.8. The Kier molecular flexibility index (Phi) is 8.72. The molecule has 0 aliphatic heterocycles. The van der Waals surface area contributed by atoms with Crippen molar-refractivity contribution in [3.8, 4) is 0 Å². The predicted octanol–water partition coefficient (Wildman–Crippen LogP) is 3.48. The Morgan fingerprint density at radius 2 is 1.63 bits per heavy atom. The minimum absolute atomic E-state index is 0.0523. The van der Waals surface area contributed by atoms with Crippen molar-refractivity contribution in [2.45, 2.75) is 18.7 Å². The molecule has 1 amide bonds. The fourth-order valence-electron chi connectivity index (χ4n) is 3.28. The Morgan fingerprint density at radius 1 is 1.00 bits per heavy atom. The zero-order chi connectivity index (χ0) is 28.0. The lowest BCUT2D eigenvalue weighted by atomic mass is 10.2. The second-order valence-electron chi connectivity index (χ2n) is 7.42. The molecule has 2 aromatic carbocycles. The quantitative estimate of drug-likeness (QED) is 0.227. The molecule has 0 fully saturated rings. The highest BCUT2D eigenvalue weighted by atomic mass is 35.5. The van der Waals surface area contributed by atoms with Crippen molar-refractivity contribution in [1.82, 2.24) is 19.7 Å². The van der Waals surface area contributed by atoms with Gasteiger partial charge in [0.1, 0.15) is 11.3 Å². The maximum absolute atomic E-state index is 12.7. The molecule has 0 atom stereocenters. The van der Waals surface area contributed by atoms with Crippen LogP contribution in [0.5, 0.6) is 0 Å². The number of carbonyl (C=O) groups is 1. The number of benzene rings is 2. The monoisotopic (exact) mass is 564 g/mol. The molecule has 0 bridgehead atoms. The van der Waals surface area contributed by atoms with E-state index >= 15 is 0 Å². The Hall–Kier alpha value is -4.41. The van der Waals surface area contributed by atoms with Gasteiger partial charge in [-0.1, -0.05) is 25.4 Å². The van der Waals surface area contributed by atoms with Crippen LogP contribution in [0, 0.1) is 20.2 Å². The average Bonchev–Trinajstić information content (AvgIpc) is 2.88. The number of nitrogens with zero attached hydrogens (tertiary/aromatic N) is 5. The van der Waals surface area contributed by atoms with Gasteiger partial charge >= 0.3 is 5.69 Å². The standard InChI is InChI=1S/C21H21ClN8O7S/c1-3-28(4-2)38(36,37)15-8-6-14(7-9-15)25-19-18(30(34)35)20(24-12-23-19)26-27-21(31)13-5-10-16(22)17(11-13)29(32)33/h5-12H,3-4H2,1-2H3,(H,27,31)(H2,23,24,25,26). The Balaban J connectivity index is 1.82. The minimum Gasteiger partial charge on any atom is -0.334 e. The molecule has 3 rings (SSSR count). The van der Waals surface area contributed by atoms with Crippen LogP contribution >= 0.6 is 11.6 Å². The van der Waals surface area contributed by atoms with Crippen LogP contribution < -0.4 is 16.2 Å². The first-order valence-electron chi connectivity index (χ1n) is 10.9. The number of amides is 1. The molecule has 0 unspecified atom stereocenters. The molecule has 3 aromatic rings. The number of carbonyl (C=O) groups excluding carboxylic acids is 1. The van der Waals surface area contributed by atoms with Crippen molar-refractivity contribution >= 4 is 56.2 Å². The summed E-state index contributed by atoms with van der Waals surface area (Å²) in [6.07, 6.45) is 0.996. The summed E-state index contributed by atoms with van der Waals surface area (Å²) >= 11 is 5.75. The molecular formula is C21H21ClN8O7S. The maximum Gasteiger partial charge on any atom is 0.355 e. The molecule has 38 heavy (non-hydrogen) atoms. The number of nitro groups is 2. The van der Waals surface area contributed by atoms with Gasteiger partial charge in [0.25, 0.3) is 11.6 Å². The van der Waals surface area contributed by atoms with Crippen LogP contribution in [0.3, 0.4) is 0 Å². The van der Waals surface area contributed by atoms with E-state index in [1.54, 1.807) is 13.8 Å². The van der Waals surface area contributed by atoms with E-state index in [-0.39, 0.29) is 27.1 Å². The van der Waals surface area contributed by atoms with Gasteiger partial charge in [0.05, 0.1) is 14.7 Å². The molecule has 1 heterocycles. The highest BCUT2D eigenvalue weighted by Gasteiger charge is 2.25. The number of rotatable bonds is 11. The van der Waals surface area contributed by atoms with Crippen molar-refractivity contribution in [2.75, 3.05) is 23.8 Å². The van der Waals surface area contributed by atoms with Gasteiger partial charge in [0.2, 0.25) is 21.7 Å². The van der Waals surface area contributed by atoms with Crippen molar-refractivity contribution in [3.05, 3.63) is 79.6 Å². The lowest BCUT2D eigenvalue weighted by Gasteiger charge is -2.18. The van der Waals surface area contributed by atoms with E-state index in [1.807, 2.05) is 0 Å². The smallest absolute Gasteiger partial charge is 0.334 e. The number of nitrogens with one attached hydrogen (secondary N) is 3. The van der Waals surface area contributed by atoms with Crippen LogP contribution in [0.15, 0.2) is 53.7 Å². The molecule has 0 aliphatic carbocycles. The molecule has 0 aliphatic rings. The molecule has 0 saturated carbocycles. The van der Waals surface area contributed by atoms with Gasteiger partial charge in [-0.15, -0.1) is 0 Å². The first-order chi connectivity index (χ1) is 18.0. The largest absolute Gasteiger partial charge is 0.355 e.